The highest BCUT2D eigenvalue weighted by atomic mass is 79.9. The fourth-order valence-electron chi connectivity index (χ4n) is 4.18. The lowest BCUT2D eigenvalue weighted by Crippen LogP contribution is -2.39. The van der Waals surface area contributed by atoms with Crippen molar-refractivity contribution in [2.24, 2.45) is 0 Å². The average Bonchev–Trinajstić information content (AvgIpc) is 2.81. The third kappa shape index (κ3) is 4.61. The third-order valence-corrected chi connectivity index (χ3v) is 6.46. The average molecular weight is 519 g/mol. The van der Waals surface area contributed by atoms with Crippen LogP contribution in [0.2, 0.25) is 0 Å². The van der Waals surface area contributed by atoms with Gasteiger partial charge in [-0.15, -0.1) is 0 Å². The van der Waals surface area contributed by atoms with Gasteiger partial charge in [-0.3, -0.25) is 9.36 Å². The van der Waals surface area contributed by atoms with E-state index in [9.17, 15) is 9.59 Å². The summed E-state index contributed by atoms with van der Waals surface area (Å²) in [5.41, 5.74) is 4.00. The number of amides is 2. The number of carbonyl (C=O) groups is 1. The Balaban J connectivity index is 1.83. The lowest BCUT2D eigenvalue weighted by molar-refractivity contribution is 0.193. The van der Waals surface area contributed by atoms with Crippen molar-refractivity contribution in [3.05, 3.63) is 98.5 Å². The summed E-state index contributed by atoms with van der Waals surface area (Å²) in [5.74, 6) is 0.517. The third-order valence-electron chi connectivity index (χ3n) is 5.93. The summed E-state index contributed by atoms with van der Waals surface area (Å²) >= 11 is 3.41. The number of para-hydroxylation sites is 1. The largest absolute Gasteiger partial charge is 0.322 e. The van der Waals surface area contributed by atoms with E-state index < -0.39 is 6.04 Å². The van der Waals surface area contributed by atoms with Gasteiger partial charge in [0.05, 0.1) is 22.6 Å². The van der Waals surface area contributed by atoms with E-state index in [1.807, 2.05) is 88.4 Å². The molecule has 0 spiro atoms. The van der Waals surface area contributed by atoms with Gasteiger partial charge in [0, 0.05) is 16.7 Å². The first kappa shape index (κ1) is 23.7. The molecule has 3 aromatic carbocycles. The van der Waals surface area contributed by atoms with Gasteiger partial charge in [0.2, 0.25) is 0 Å². The number of aromatic nitrogens is 2. The van der Waals surface area contributed by atoms with Crippen molar-refractivity contribution in [3.63, 3.8) is 0 Å². The first-order chi connectivity index (χ1) is 16.3. The predicted octanol–water partition coefficient (Wildman–Crippen LogP) is 6.38. The van der Waals surface area contributed by atoms with Crippen LogP contribution in [0.1, 0.15) is 36.8 Å². The van der Waals surface area contributed by atoms with E-state index in [2.05, 4.69) is 21.2 Å². The van der Waals surface area contributed by atoms with Crippen molar-refractivity contribution in [2.45, 2.75) is 33.7 Å². The Hall–Kier alpha value is -3.45. The number of carbonyl (C=O) groups excluding carboxylic acids is 1. The van der Waals surface area contributed by atoms with Crippen LogP contribution in [0.5, 0.6) is 0 Å². The molecule has 0 aliphatic carbocycles. The molecule has 4 rings (SSSR count). The molecular formula is C27H27BrN4O2. The van der Waals surface area contributed by atoms with Gasteiger partial charge in [-0.1, -0.05) is 45.8 Å². The molecule has 174 valence electrons. The van der Waals surface area contributed by atoms with Crippen LogP contribution in [0.15, 0.2) is 76.0 Å². The number of aryl methyl sites for hydroxylation is 2. The van der Waals surface area contributed by atoms with Crippen LogP contribution >= 0.6 is 15.9 Å². The first-order valence-corrected chi connectivity index (χ1v) is 12.0. The van der Waals surface area contributed by atoms with E-state index in [-0.39, 0.29) is 11.6 Å². The van der Waals surface area contributed by atoms with E-state index in [0.29, 0.717) is 29.0 Å². The fourth-order valence-corrected chi connectivity index (χ4v) is 4.44. The summed E-state index contributed by atoms with van der Waals surface area (Å²) < 4.78 is 2.58. The molecule has 6 nitrogen and oxygen atoms in total. The van der Waals surface area contributed by atoms with E-state index >= 15 is 0 Å². The highest BCUT2D eigenvalue weighted by molar-refractivity contribution is 9.10. The van der Waals surface area contributed by atoms with Crippen molar-refractivity contribution >= 4 is 38.6 Å². The molecule has 1 N–H and O–H groups in total. The molecule has 1 atom stereocenters. The van der Waals surface area contributed by atoms with E-state index in [1.54, 1.807) is 15.5 Å². The van der Waals surface area contributed by atoms with Gasteiger partial charge < -0.3 is 10.2 Å². The zero-order valence-electron chi connectivity index (χ0n) is 19.7. The quantitative estimate of drug-likeness (QED) is 0.333. The van der Waals surface area contributed by atoms with E-state index in [1.165, 1.54) is 0 Å². The molecule has 0 radical (unpaired) electrons. The van der Waals surface area contributed by atoms with Crippen molar-refractivity contribution in [2.75, 3.05) is 11.9 Å². The van der Waals surface area contributed by atoms with Gasteiger partial charge in [-0.2, -0.15) is 0 Å². The summed E-state index contributed by atoms with van der Waals surface area (Å²) in [6, 6.07) is 20.0. The minimum Gasteiger partial charge on any atom is -0.315 e. The second kappa shape index (κ2) is 9.81. The number of fused-ring (bicyclic) bond motifs is 1. The van der Waals surface area contributed by atoms with Crippen molar-refractivity contribution in [3.8, 4) is 5.69 Å². The minimum atomic E-state index is -0.460. The van der Waals surface area contributed by atoms with Crippen LogP contribution in [0, 0.1) is 13.8 Å². The second-order valence-corrected chi connectivity index (χ2v) is 9.23. The Bertz CT molecular complexity index is 1410. The fraction of sp³-hybridized carbons (Fsp3) is 0.222. The highest BCUT2D eigenvalue weighted by Gasteiger charge is 2.26. The summed E-state index contributed by atoms with van der Waals surface area (Å²) in [5, 5.41) is 3.49. The van der Waals surface area contributed by atoms with Gasteiger partial charge >= 0.3 is 6.03 Å². The number of nitrogens with one attached hydrogen (secondary N) is 1. The molecule has 0 saturated carbocycles. The minimum absolute atomic E-state index is 0.149. The van der Waals surface area contributed by atoms with Crippen molar-refractivity contribution in [1.82, 2.24) is 14.5 Å². The lowest BCUT2D eigenvalue weighted by Gasteiger charge is -2.30. The lowest BCUT2D eigenvalue weighted by atomic mass is 10.1. The van der Waals surface area contributed by atoms with Crippen LogP contribution in [-0.4, -0.2) is 27.0 Å². The molecule has 0 aliphatic rings. The Labute approximate surface area is 207 Å². The summed E-state index contributed by atoms with van der Waals surface area (Å²) in [6.07, 6.45) is 0. The molecule has 2 amide bonds. The van der Waals surface area contributed by atoms with Crippen LogP contribution in [0.3, 0.4) is 0 Å². The number of hydrogen-bond acceptors (Lipinski definition) is 3. The van der Waals surface area contributed by atoms with E-state index in [4.69, 9.17) is 4.98 Å². The molecular weight excluding hydrogens is 492 g/mol. The van der Waals surface area contributed by atoms with Crippen LogP contribution in [-0.2, 0) is 0 Å². The van der Waals surface area contributed by atoms with Crippen LogP contribution in [0.4, 0.5) is 10.5 Å². The maximum Gasteiger partial charge on any atom is 0.322 e. The zero-order chi connectivity index (χ0) is 24.4. The van der Waals surface area contributed by atoms with Crippen molar-refractivity contribution < 1.29 is 4.79 Å². The molecule has 1 heterocycles. The number of nitrogens with zero attached hydrogens (tertiary/aromatic N) is 3. The van der Waals surface area contributed by atoms with Gasteiger partial charge in [-0.05, 0) is 75.7 Å². The monoisotopic (exact) mass is 518 g/mol. The number of anilines is 1. The predicted molar refractivity (Wildman–Crippen MR) is 141 cm³/mol. The molecule has 0 fully saturated rings. The topological polar surface area (TPSA) is 67.2 Å². The maximum absolute atomic E-state index is 13.7. The van der Waals surface area contributed by atoms with Gasteiger partial charge in [0.15, 0.2) is 0 Å². The zero-order valence-corrected chi connectivity index (χ0v) is 21.3. The summed E-state index contributed by atoms with van der Waals surface area (Å²) in [4.78, 5) is 33.5. The Morgan fingerprint density at radius 1 is 1.09 bits per heavy atom. The molecule has 7 heteroatoms. The normalized spacial score (nSPS) is 11.9. The van der Waals surface area contributed by atoms with Crippen molar-refractivity contribution in [1.29, 1.82) is 0 Å². The SMILES string of the molecule is CCN(C(=O)Nc1ccc(Br)cc1)C(C)c1nc2ccccc2c(=O)n1-c1ccc(C)cc1C. The second-order valence-electron chi connectivity index (χ2n) is 8.32. The standard InChI is InChI=1S/C27H27BrN4O2/c1-5-31(27(34)29-21-13-11-20(28)12-14-21)19(4)25-30-23-9-7-6-8-22(23)26(33)32(25)24-15-10-17(2)16-18(24)3/h6-16,19H,5H2,1-4H3,(H,29,34). The molecule has 34 heavy (non-hydrogen) atoms. The summed E-state index contributed by atoms with van der Waals surface area (Å²) in [7, 11) is 0. The molecule has 1 unspecified atom stereocenters. The Morgan fingerprint density at radius 3 is 2.47 bits per heavy atom. The number of hydrogen-bond donors (Lipinski definition) is 1. The number of rotatable bonds is 5. The number of urea groups is 1. The Morgan fingerprint density at radius 2 is 1.79 bits per heavy atom. The van der Waals surface area contributed by atoms with Gasteiger partial charge in [0.1, 0.15) is 5.82 Å². The Kier molecular flexibility index (Phi) is 6.84. The smallest absolute Gasteiger partial charge is 0.315 e. The summed E-state index contributed by atoms with van der Waals surface area (Å²) in [6.45, 7) is 8.27. The maximum atomic E-state index is 13.7. The van der Waals surface area contributed by atoms with Crippen LogP contribution in [0.25, 0.3) is 16.6 Å². The first-order valence-electron chi connectivity index (χ1n) is 11.2. The molecule has 1 aromatic heterocycles. The van der Waals surface area contributed by atoms with Gasteiger partial charge in [0.25, 0.3) is 5.56 Å². The van der Waals surface area contributed by atoms with E-state index in [0.717, 1.165) is 21.3 Å². The molecule has 0 aliphatic heterocycles. The number of benzene rings is 3. The molecule has 0 saturated heterocycles. The number of halogens is 1. The molecule has 0 bridgehead atoms. The highest BCUT2D eigenvalue weighted by Crippen LogP contribution is 2.25. The molecule has 4 aromatic rings. The van der Waals surface area contributed by atoms with Gasteiger partial charge in [-0.25, -0.2) is 9.78 Å². The van der Waals surface area contributed by atoms with Crippen LogP contribution < -0.4 is 10.9 Å².